The molecule has 3 rings (SSSR count). The van der Waals surface area contributed by atoms with Crippen molar-refractivity contribution in [1.82, 2.24) is 9.97 Å². The Morgan fingerprint density at radius 2 is 2.04 bits per heavy atom. The number of rotatable bonds is 5. The highest BCUT2D eigenvalue weighted by Gasteiger charge is 2.29. The summed E-state index contributed by atoms with van der Waals surface area (Å²) in [6.07, 6.45) is 8.89. The smallest absolute Gasteiger partial charge is 0.134 e. The van der Waals surface area contributed by atoms with Gasteiger partial charge < -0.3 is 20.4 Å². The van der Waals surface area contributed by atoms with E-state index in [0.29, 0.717) is 12.5 Å². The summed E-state index contributed by atoms with van der Waals surface area (Å²) >= 11 is 0. The van der Waals surface area contributed by atoms with Crippen LogP contribution in [-0.2, 0) is 0 Å². The first kappa shape index (κ1) is 16.5. The van der Waals surface area contributed by atoms with Crippen LogP contribution in [0.15, 0.2) is 12.4 Å². The van der Waals surface area contributed by atoms with Gasteiger partial charge in [0, 0.05) is 32.3 Å². The number of aromatic nitrogens is 2. The van der Waals surface area contributed by atoms with E-state index in [0.717, 1.165) is 63.3 Å². The van der Waals surface area contributed by atoms with Gasteiger partial charge in [0.15, 0.2) is 0 Å². The van der Waals surface area contributed by atoms with E-state index in [1.807, 2.05) is 6.07 Å². The molecule has 6 nitrogen and oxygen atoms in total. The van der Waals surface area contributed by atoms with Gasteiger partial charge in [-0.3, -0.25) is 0 Å². The molecule has 1 aromatic heterocycles. The Kier molecular flexibility index (Phi) is 5.33. The molecule has 1 aromatic rings. The molecule has 1 saturated carbocycles. The lowest BCUT2D eigenvalue weighted by atomic mass is 9.85. The summed E-state index contributed by atoms with van der Waals surface area (Å²) in [5.41, 5.74) is -0.601. The van der Waals surface area contributed by atoms with Crippen LogP contribution in [0, 0.1) is 5.92 Å². The van der Waals surface area contributed by atoms with Crippen molar-refractivity contribution in [2.75, 3.05) is 36.5 Å². The zero-order valence-corrected chi connectivity index (χ0v) is 13.7. The normalized spacial score (nSPS) is 24.4. The van der Waals surface area contributed by atoms with Gasteiger partial charge in [-0.1, -0.05) is 19.3 Å². The molecule has 0 bridgehead atoms. The van der Waals surface area contributed by atoms with Crippen LogP contribution >= 0.6 is 0 Å². The molecule has 1 aliphatic heterocycles. The van der Waals surface area contributed by atoms with Gasteiger partial charge in [0.25, 0.3) is 0 Å². The zero-order valence-electron chi connectivity index (χ0n) is 13.7. The van der Waals surface area contributed by atoms with Crippen molar-refractivity contribution in [3.05, 3.63) is 12.4 Å². The molecule has 0 spiro atoms. The summed E-state index contributed by atoms with van der Waals surface area (Å²) < 4.78 is 0. The second-order valence-electron chi connectivity index (χ2n) is 7.04. The third-order valence-electron chi connectivity index (χ3n) is 5.14. The van der Waals surface area contributed by atoms with Gasteiger partial charge >= 0.3 is 0 Å². The van der Waals surface area contributed by atoms with Gasteiger partial charge in [-0.2, -0.15) is 0 Å². The van der Waals surface area contributed by atoms with Crippen molar-refractivity contribution in [3.8, 4) is 0 Å². The number of nitrogens with zero attached hydrogens (tertiary/aromatic N) is 3. The van der Waals surface area contributed by atoms with Gasteiger partial charge in [0.05, 0.1) is 5.60 Å². The molecule has 1 saturated heterocycles. The van der Waals surface area contributed by atoms with Crippen molar-refractivity contribution in [3.63, 3.8) is 0 Å². The minimum Gasteiger partial charge on any atom is -0.396 e. The van der Waals surface area contributed by atoms with E-state index in [1.165, 1.54) is 6.42 Å². The van der Waals surface area contributed by atoms with Crippen molar-refractivity contribution in [2.45, 2.75) is 50.5 Å². The summed E-state index contributed by atoms with van der Waals surface area (Å²) in [4.78, 5) is 10.9. The van der Waals surface area contributed by atoms with Crippen LogP contribution in [0.3, 0.4) is 0 Å². The average Bonchev–Trinajstić information content (AvgIpc) is 2.61. The van der Waals surface area contributed by atoms with Crippen LogP contribution in [0.25, 0.3) is 0 Å². The third-order valence-corrected chi connectivity index (χ3v) is 5.14. The molecular formula is C17H28N4O2. The van der Waals surface area contributed by atoms with E-state index >= 15 is 0 Å². The van der Waals surface area contributed by atoms with Crippen molar-refractivity contribution in [2.24, 2.45) is 5.92 Å². The molecule has 2 fully saturated rings. The maximum atomic E-state index is 10.6. The van der Waals surface area contributed by atoms with Crippen molar-refractivity contribution >= 4 is 11.6 Å². The van der Waals surface area contributed by atoms with Crippen LogP contribution in [0.1, 0.15) is 44.9 Å². The van der Waals surface area contributed by atoms with Gasteiger partial charge in [-0.25, -0.2) is 9.97 Å². The number of aliphatic hydroxyl groups is 2. The molecule has 1 atom stereocenters. The maximum absolute atomic E-state index is 10.6. The van der Waals surface area contributed by atoms with Crippen molar-refractivity contribution < 1.29 is 10.2 Å². The first-order chi connectivity index (χ1) is 11.2. The van der Waals surface area contributed by atoms with E-state index < -0.39 is 5.60 Å². The summed E-state index contributed by atoms with van der Waals surface area (Å²) in [7, 11) is 0. The fourth-order valence-electron chi connectivity index (χ4n) is 3.68. The Morgan fingerprint density at radius 3 is 2.83 bits per heavy atom. The molecule has 2 aliphatic rings. The second-order valence-corrected chi connectivity index (χ2v) is 7.04. The quantitative estimate of drug-likeness (QED) is 0.767. The summed E-state index contributed by atoms with van der Waals surface area (Å²) in [5.74, 6) is 1.99. The SMILES string of the molecule is OC[C@H]1CCCN(c2cc(NCC3(O)CCCCC3)ncn2)C1. The largest absolute Gasteiger partial charge is 0.396 e. The molecule has 0 unspecified atom stereocenters. The summed E-state index contributed by atoms with van der Waals surface area (Å²) in [6, 6.07) is 1.95. The minimum atomic E-state index is -0.601. The molecular weight excluding hydrogens is 292 g/mol. The van der Waals surface area contributed by atoms with Crippen molar-refractivity contribution in [1.29, 1.82) is 0 Å². The lowest BCUT2D eigenvalue weighted by molar-refractivity contribution is 0.0166. The van der Waals surface area contributed by atoms with Crippen LogP contribution in [-0.4, -0.2) is 52.0 Å². The van der Waals surface area contributed by atoms with Crippen LogP contribution in [0.5, 0.6) is 0 Å². The molecule has 0 amide bonds. The van der Waals surface area contributed by atoms with E-state index in [4.69, 9.17) is 0 Å². The average molecular weight is 320 g/mol. The number of piperidine rings is 1. The van der Waals surface area contributed by atoms with Gasteiger partial charge in [0.1, 0.15) is 18.0 Å². The third kappa shape index (κ3) is 4.32. The lowest BCUT2D eigenvalue weighted by Crippen LogP contribution is -2.39. The topological polar surface area (TPSA) is 81.5 Å². The molecule has 1 aliphatic carbocycles. The van der Waals surface area contributed by atoms with Crippen LogP contribution in [0.2, 0.25) is 0 Å². The number of aliphatic hydroxyl groups excluding tert-OH is 1. The predicted molar refractivity (Wildman–Crippen MR) is 90.6 cm³/mol. The fraction of sp³-hybridized carbons (Fsp3) is 0.765. The highest BCUT2D eigenvalue weighted by molar-refractivity contribution is 5.48. The Balaban J connectivity index is 1.60. The highest BCUT2D eigenvalue weighted by atomic mass is 16.3. The predicted octanol–water partition coefficient (Wildman–Crippen LogP) is 1.79. The van der Waals surface area contributed by atoms with Gasteiger partial charge in [-0.05, 0) is 31.6 Å². The molecule has 23 heavy (non-hydrogen) atoms. The Hall–Kier alpha value is -1.40. The molecule has 0 aromatic carbocycles. The lowest BCUT2D eigenvalue weighted by Gasteiger charge is -2.33. The molecule has 2 heterocycles. The molecule has 128 valence electrons. The summed E-state index contributed by atoms with van der Waals surface area (Å²) in [5, 5.41) is 23.2. The molecule has 0 radical (unpaired) electrons. The maximum Gasteiger partial charge on any atom is 0.134 e. The Bertz CT molecular complexity index is 505. The van der Waals surface area contributed by atoms with Gasteiger partial charge in [-0.15, -0.1) is 0 Å². The Labute approximate surface area is 138 Å². The minimum absolute atomic E-state index is 0.236. The number of hydrogen-bond donors (Lipinski definition) is 3. The monoisotopic (exact) mass is 320 g/mol. The summed E-state index contributed by atoms with van der Waals surface area (Å²) in [6.45, 7) is 2.59. The Morgan fingerprint density at radius 1 is 1.22 bits per heavy atom. The number of nitrogens with one attached hydrogen (secondary N) is 1. The first-order valence-corrected chi connectivity index (χ1v) is 8.83. The highest BCUT2D eigenvalue weighted by Crippen LogP contribution is 2.28. The van der Waals surface area contributed by atoms with E-state index in [2.05, 4.69) is 20.2 Å². The van der Waals surface area contributed by atoms with E-state index in [-0.39, 0.29) is 6.61 Å². The van der Waals surface area contributed by atoms with Crippen LogP contribution in [0.4, 0.5) is 11.6 Å². The standard InChI is InChI=1S/C17H28N4O2/c22-11-14-5-4-8-21(10-14)16-9-15(19-13-20-16)18-12-17(23)6-2-1-3-7-17/h9,13-14,22-23H,1-8,10-12H2,(H,18,19,20)/t14-/m0/s1. The zero-order chi connectivity index (χ0) is 16.1. The van der Waals surface area contributed by atoms with E-state index in [9.17, 15) is 10.2 Å². The molecule has 3 N–H and O–H groups in total. The second kappa shape index (κ2) is 7.45. The van der Waals surface area contributed by atoms with Gasteiger partial charge in [0.2, 0.25) is 0 Å². The van der Waals surface area contributed by atoms with Crippen LogP contribution < -0.4 is 10.2 Å². The fourth-order valence-corrected chi connectivity index (χ4v) is 3.68. The number of hydrogen-bond acceptors (Lipinski definition) is 6. The number of anilines is 2. The molecule has 6 heteroatoms. The first-order valence-electron chi connectivity index (χ1n) is 8.83. The van der Waals surface area contributed by atoms with E-state index in [1.54, 1.807) is 6.33 Å².